The quantitative estimate of drug-likeness (QED) is 0.683. The number of hydrogen-bond donors (Lipinski definition) is 4. The van der Waals surface area contributed by atoms with Crippen LogP contribution in [0.2, 0.25) is 0 Å². The summed E-state index contributed by atoms with van der Waals surface area (Å²) >= 11 is 0. The molecule has 0 heterocycles. The molecule has 1 aliphatic rings. The fraction of sp³-hybridized carbons (Fsp3) is 0.500. The molecule has 6 N–H and O–H groups in total. The molecule has 1 aromatic rings. The predicted molar refractivity (Wildman–Crippen MR) is 86.2 cm³/mol. The molecule has 1 aliphatic carbocycles. The minimum atomic E-state index is -0.736. The van der Waals surface area contributed by atoms with E-state index >= 15 is 0 Å². The topological polar surface area (TPSA) is 110 Å². The summed E-state index contributed by atoms with van der Waals surface area (Å²) in [6, 6.07) is 6.46. The number of benzene rings is 1. The van der Waals surface area contributed by atoms with E-state index in [1.807, 2.05) is 19.1 Å². The van der Waals surface area contributed by atoms with E-state index in [0.717, 1.165) is 37.7 Å². The van der Waals surface area contributed by atoms with Gasteiger partial charge in [0.15, 0.2) is 0 Å². The number of rotatable bonds is 4. The van der Waals surface area contributed by atoms with Gasteiger partial charge in [0.2, 0.25) is 5.91 Å². The first-order chi connectivity index (χ1) is 10.4. The molecule has 1 aromatic carbocycles. The molecule has 1 saturated carbocycles. The summed E-state index contributed by atoms with van der Waals surface area (Å²) in [6.07, 6.45) is 4.65. The van der Waals surface area contributed by atoms with Crippen molar-refractivity contribution in [3.63, 3.8) is 0 Å². The van der Waals surface area contributed by atoms with Crippen LogP contribution in [0.25, 0.3) is 0 Å². The first-order valence-electron chi connectivity index (χ1n) is 7.67. The largest absolute Gasteiger partial charge is 0.351 e. The van der Waals surface area contributed by atoms with E-state index in [0.29, 0.717) is 5.69 Å². The van der Waals surface area contributed by atoms with Gasteiger partial charge in [0.05, 0.1) is 11.6 Å². The van der Waals surface area contributed by atoms with Crippen LogP contribution in [0.1, 0.15) is 50.6 Å². The number of hydrogen-bond acceptors (Lipinski definition) is 3. The highest BCUT2D eigenvalue weighted by atomic mass is 16.2. The van der Waals surface area contributed by atoms with E-state index in [2.05, 4.69) is 10.6 Å². The second kappa shape index (κ2) is 6.79. The van der Waals surface area contributed by atoms with E-state index in [1.165, 1.54) is 0 Å². The number of primary amides is 1. The van der Waals surface area contributed by atoms with Crippen molar-refractivity contribution < 1.29 is 9.59 Å². The summed E-state index contributed by atoms with van der Waals surface area (Å²) in [5.74, 6) is -0.0842. The van der Waals surface area contributed by atoms with Crippen molar-refractivity contribution in [2.45, 2.75) is 50.6 Å². The Balaban J connectivity index is 1.97. The second-order valence-corrected chi connectivity index (χ2v) is 6.02. The molecule has 0 aromatic heterocycles. The summed E-state index contributed by atoms with van der Waals surface area (Å²) in [5, 5.41) is 5.49. The average molecular weight is 304 g/mol. The predicted octanol–water partition coefficient (Wildman–Crippen LogP) is 2.02. The number of nitrogens with two attached hydrogens (primary N) is 2. The van der Waals surface area contributed by atoms with Gasteiger partial charge in [0.1, 0.15) is 0 Å². The monoisotopic (exact) mass is 304 g/mol. The Kier molecular flexibility index (Phi) is 5.03. The van der Waals surface area contributed by atoms with Crippen LogP contribution >= 0.6 is 0 Å². The van der Waals surface area contributed by atoms with Crippen LogP contribution in [0.15, 0.2) is 24.3 Å². The molecule has 120 valence electrons. The van der Waals surface area contributed by atoms with Crippen LogP contribution in [-0.4, -0.2) is 17.5 Å². The SMILES string of the molecule is CC(NC(=O)C1(N)CCCCC1)c1ccc(NC(N)=O)cc1. The summed E-state index contributed by atoms with van der Waals surface area (Å²) in [6.45, 7) is 1.92. The van der Waals surface area contributed by atoms with Crippen molar-refractivity contribution in [1.82, 2.24) is 5.32 Å². The lowest BCUT2D eigenvalue weighted by molar-refractivity contribution is -0.128. The van der Waals surface area contributed by atoms with Crippen LogP contribution in [0.4, 0.5) is 10.5 Å². The number of anilines is 1. The van der Waals surface area contributed by atoms with E-state index in [1.54, 1.807) is 12.1 Å². The van der Waals surface area contributed by atoms with E-state index in [-0.39, 0.29) is 11.9 Å². The summed E-state index contributed by atoms with van der Waals surface area (Å²) in [4.78, 5) is 23.2. The Hall–Kier alpha value is -2.08. The molecular weight excluding hydrogens is 280 g/mol. The molecule has 0 spiro atoms. The van der Waals surface area contributed by atoms with Crippen LogP contribution < -0.4 is 22.1 Å². The molecule has 0 radical (unpaired) electrons. The zero-order valence-electron chi connectivity index (χ0n) is 12.9. The maximum Gasteiger partial charge on any atom is 0.316 e. The number of carbonyl (C=O) groups is 2. The molecule has 6 nitrogen and oxygen atoms in total. The van der Waals surface area contributed by atoms with Crippen molar-refractivity contribution in [3.8, 4) is 0 Å². The Labute approximate surface area is 130 Å². The minimum Gasteiger partial charge on any atom is -0.351 e. The van der Waals surface area contributed by atoms with E-state index in [9.17, 15) is 9.59 Å². The zero-order chi connectivity index (χ0) is 16.2. The van der Waals surface area contributed by atoms with Crippen LogP contribution in [-0.2, 0) is 4.79 Å². The molecule has 0 bridgehead atoms. The molecule has 6 heteroatoms. The zero-order valence-corrected chi connectivity index (χ0v) is 12.9. The average Bonchev–Trinajstić information content (AvgIpc) is 2.48. The first kappa shape index (κ1) is 16.3. The van der Waals surface area contributed by atoms with Gasteiger partial charge in [-0.2, -0.15) is 0 Å². The van der Waals surface area contributed by atoms with Gasteiger partial charge in [-0.3, -0.25) is 4.79 Å². The Bertz CT molecular complexity index is 536. The number of amides is 3. The van der Waals surface area contributed by atoms with Crippen molar-refractivity contribution in [1.29, 1.82) is 0 Å². The molecule has 1 fully saturated rings. The second-order valence-electron chi connectivity index (χ2n) is 6.02. The highest BCUT2D eigenvalue weighted by Crippen LogP contribution is 2.27. The van der Waals surface area contributed by atoms with Crippen molar-refractivity contribution in [3.05, 3.63) is 29.8 Å². The molecule has 2 rings (SSSR count). The third-order valence-corrected chi connectivity index (χ3v) is 4.22. The highest BCUT2D eigenvalue weighted by molar-refractivity contribution is 5.88. The Morgan fingerprint density at radius 2 is 1.73 bits per heavy atom. The maximum absolute atomic E-state index is 12.4. The Morgan fingerprint density at radius 1 is 1.14 bits per heavy atom. The molecule has 1 unspecified atom stereocenters. The fourth-order valence-electron chi connectivity index (χ4n) is 2.83. The molecular formula is C16H24N4O2. The molecule has 22 heavy (non-hydrogen) atoms. The Morgan fingerprint density at radius 3 is 2.27 bits per heavy atom. The van der Waals surface area contributed by atoms with Gasteiger partial charge >= 0.3 is 6.03 Å². The molecule has 0 saturated heterocycles. The van der Waals surface area contributed by atoms with Crippen molar-refractivity contribution >= 4 is 17.6 Å². The van der Waals surface area contributed by atoms with Gasteiger partial charge in [-0.25, -0.2) is 4.79 Å². The van der Waals surface area contributed by atoms with Gasteiger partial charge in [0, 0.05) is 5.69 Å². The number of urea groups is 1. The fourth-order valence-corrected chi connectivity index (χ4v) is 2.83. The van der Waals surface area contributed by atoms with Crippen LogP contribution in [0.3, 0.4) is 0 Å². The van der Waals surface area contributed by atoms with Crippen molar-refractivity contribution in [2.75, 3.05) is 5.32 Å². The summed E-state index contributed by atoms with van der Waals surface area (Å²) < 4.78 is 0. The highest BCUT2D eigenvalue weighted by Gasteiger charge is 2.35. The number of nitrogens with one attached hydrogen (secondary N) is 2. The van der Waals surface area contributed by atoms with E-state index in [4.69, 9.17) is 11.5 Å². The smallest absolute Gasteiger partial charge is 0.316 e. The van der Waals surface area contributed by atoms with Gasteiger partial charge in [0.25, 0.3) is 0 Å². The number of carbonyl (C=O) groups excluding carboxylic acids is 2. The normalized spacial score (nSPS) is 18.3. The van der Waals surface area contributed by atoms with E-state index < -0.39 is 11.6 Å². The standard InChI is InChI=1S/C16H24N4O2/c1-11(12-5-7-13(8-6-12)20-15(17)22)19-14(21)16(18)9-3-2-4-10-16/h5-8,11H,2-4,9-10,18H2,1H3,(H,19,21)(H3,17,20,22). The first-order valence-corrected chi connectivity index (χ1v) is 7.67. The lowest BCUT2D eigenvalue weighted by atomic mass is 9.81. The lowest BCUT2D eigenvalue weighted by Gasteiger charge is -2.33. The van der Waals surface area contributed by atoms with Gasteiger partial charge in [-0.05, 0) is 37.5 Å². The van der Waals surface area contributed by atoms with Crippen LogP contribution in [0.5, 0.6) is 0 Å². The van der Waals surface area contributed by atoms with Gasteiger partial charge < -0.3 is 22.1 Å². The summed E-state index contributed by atoms with van der Waals surface area (Å²) in [5.41, 5.74) is 12.1. The van der Waals surface area contributed by atoms with Crippen molar-refractivity contribution in [2.24, 2.45) is 11.5 Å². The summed E-state index contributed by atoms with van der Waals surface area (Å²) in [7, 11) is 0. The molecule has 3 amide bonds. The van der Waals surface area contributed by atoms with Gasteiger partial charge in [-0.15, -0.1) is 0 Å². The third kappa shape index (κ3) is 3.98. The third-order valence-electron chi connectivity index (χ3n) is 4.22. The molecule has 1 atom stereocenters. The lowest BCUT2D eigenvalue weighted by Crippen LogP contribution is -2.55. The maximum atomic E-state index is 12.4. The van der Waals surface area contributed by atoms with Crippen LogP contribution in [0, 0.1) is 0 Å². The van der Waals surface area contributed by atoms with Gasteiger partial charge in [-0.1, -0.05) is 31.4 Å². The minimum absolute atomic E-state index is 0.0842. The molecule has 0 aliphatic heterocycles.